The van der Waals surface area contributed by atoms with E-state index in [9.17, 15) is 0 Å². The van der Waals surface area contributed by atoms with Gasteiger partial charge in [0, 0.05) is 16.3 Å². The van der Waals surface area contributed by atoms with E-state index < -0.39 is 0 Å². The molecule has 1 radical (unpaired) electrons. The molecule has 0 heterocycles. The highest BCUT2D eigenvalue weighted by Gasteiger charge is 2.38. The Hall–Kier alpha value is -0.270. The van der Waals surface area contributed by atoms with Crippen LogP contribution in [0, 0.1) is 6.42 Å². The lowest BCUT2D eigenvalue weighted by Gasteiger charge is -2.39. The number of benzene rings is 1. The van der Waals surface area contributed by atoms with Gasteiger partial charge >= 0.3 is 0 Å². The summed E-state index contributed by atoms with van der Waals surface area (Å²) >= 11 is 10.3. The summed E-state index contributed by atoms with van der Waals surface area (Å²) in [4.78, 5) is -0.210. The predicted molar refractivity (Wildman–Crippen MR) is 78.4 cm³/mol. The van der Waals surface area contributed by atoms with Crippen molar-refractivity contribution in [2.75, 3.05) is 0 Å². The molecule has 1 aliphatic carbocycles. The quantitative estimate of drug-likeness (QED) is 0.654. The molecule has 2 unspecified atom stereocenters. The van der Waals surface area contributed by atoms with Gasteiger partial charge in [-0.05, 0) is 24.5 Å². The summed E-state index contributed by atoms with van der Waals surface area (Å²) < 4.78 is 1.16. The fourth-order valence-electron chi connectivity index (χ4n) is 2.51. The van der Waals surface area contributed by atoms with Crippen molar-refractivity contribution in [3.8, 4) is 0 Å². The second-order valence-corrected chi connectivity index (χ2v) is 6.60. The molecule has 0 aromatic heterocycles. The van der Waals surface area contributed by atoms with Crippen LogP contribution in [0.1, 0.15) is 32.3 Å². The molecular formula is C15H17BrCl. The first kappa shape index (κ1) is 13.2. The topological polar surface area (TPSA) is 0 Å². The highest BCUT2D eigenvalue weighted by atomic mass is 79.9. The number of rotatable bonds is 2. The summed E-state index contributed by atoms with van der Waals surface area (Å²) in [5.74, 6) is 0. The van der Waals surface area contributed by atoms with Crippen LogP contribution in [-0.2, 0) is 5.41 Å². The van der Waals surface area contributed by atoms with E-state index in [0.29, 0.717) is 0 Å². The van der Waals surface area contributed by atoms with Crippen molar-refractivity contribution in [2.24, 2.45) is 0 Å². The maximum Gasteiger partial charge on any atom is 0.0524 e. The fraction of sp³-hybridized carbons (Fsp3) is 0.400. The van der Waals surface area contributed by atoms with E-state index in [4.69, 9.17) is 11.6 Å². The fourth-order valence-corrected chi connectivity index (χ4v) is 3.60. The number of alkyl halides is 1. The first-order valence-corrected chi connectivity index (χ1v) is 7.14. The van der Waals surface area contributed by atoms with Gasteiger partial charge in [0.1, 0.15) is 0 Å². The Morgan fingerprint density at radius 2 is 2.06 bits per heavy atom. The van der Waals surface area contributed by atoms with E-state index in [2.05, 4.69) is 66.5 Å². The van der Waals surface area contributed by atoms with E-state index >= 15 is 0 Å². The molecule has 0 saturated heterocycles. The molecule has 1 aliphatic rings. The summed E-state index contributed by atoms with van der Waals surface area (Å²) in [6.07, 6.45) is 8.38. The summed E-state index contributed by atoms with van der Waals surface area (Å²) in [6, 6.07) is 8.39. The van der Waals surface area contributed by atoms with Crippen LogP contribution in [0.25, 0.3) is 0 Å². The second kappa shape index (κ2) is 4.78. The van der Waals surface area contributed by atoms with E-state index in [1.807, 2.05) is 6.07 Å². The van der Waals surface area contributed by atoms with Gasteiger partial charge in [0.2, 0.25) is 0 Å². The maximum absolute atomic E-state index is 6.62. The first-order chi connectivity index (χ1) is 7.99. The summed E-state index contributed by atoms with van der Waals surface area (Å²) in [5, 5.41) is 0. The Kier molecular flexibility index (Phi) is 3.70. The molecule has 0 fully saturated rings. The molecule has 17 heavy (non-hydrogen) atoms. The van der Waals surface area contributed by atoms with Crippen LogP contribution in [-0.4, -0.2) is 4.87 Å². The largest absolute Gasteiger partial charge is 0.119 e. The van der Waals surface area contributed by atoms with Gasteiger partial charge in [0.15, 0.2) is 0 Å². The van der Waals surface area contributed by atoms with E-state index in [0.717, 1.165) is 17.3 Å². The summed E-state index contributed by atoms with van der Waals surface area (Å²) in [5.41, 5.74) is 1.31. The normalized spacial score (nSPS) is 32.7. The van der Waals surface area contributed by atoms with Crippen molar-refractivity contribution in [1.82, 2.24) is 0 Å². The minimum atomic E-state index is -0.210. The number of halogens is 2. The third-order valence-corrected chi connectivity index (χ3v) is 4.82. The third-order valence-electron chi connectivity index (χ3n) is 3.60. The van der Waals surface area contributed by atoms with E-state index in [1.54, 1.807) is 0 Å². The van der Waals surface area contributed by atoms with Gasteiger partial charge in [-0.3, -0.25) is 0 Å². The molecule has 0 saturated carbocycles. The molecule has 1 aromatic rings. The number of hydrogen-bond acceptors (Lipinski definition) is 0. The monoisotopic (exact) mass is 311 g/mol. The van der Waals surface area contributed by atoms with Gasteiger partial charge in [0.25, 0.3) is 0 Å². The molecule has 0 amide bonds. The lowest BCUT2D eigenvalue weighted by Crippen LogP contribution is -2.35. The Morgan fingerprint density at radius 1 is 1.35 bits per heavy atom. The van der Waals surface area contributed by atoms with Crippen molar-refractivity contribution >= 4 is 27.5 Å². The van der Waals surface area contributed by atoms with Crippen molar-refractivity contribution in [2.45, 2.75) is 37.0 Å². The SMILES string of the molecule is CCC1(Cl)[CH]C=CC(C)(c2ccccc2Br)C1. The van der Waals surface area contributed by atoms with Gasteiger partial charge in [-0.2, -0.15) is 0 Å². The van der Waals surface area contributed by atoms with Gasteiger partial charge in [-0.15, -0.1) is 11.6 Å². The van der Waals surface area contributed by atoms with Crippen molar-refractivity contribution in [3.63, 3.8) is 0 Å². The number of hydrogen-bond donors (Lipinski definition) is 0. The average molecular weight is 313 g/mol. The van der Waals surface area contributed by atoms with Crippen LogP contribution in [0.4, 0.5) is 0 Å². The van der Waals surface area contributed by atoms with Gasteiger partial charge < -0.3 is 0 Å². The van der Waals surface area contributed by atoms with Crippen LogP contribution in [0.5, 0.6) is 0 Å². The Morgan fingerprint density at radius 3 is 2.71 bits per heavy atom. The molecule has 0 nitrogen and oxygen atoms in total. The van der Waals surface area contributed by atoms with Crippen LogP contribution in [0.3, 0.4) is 0 Å². The van der Waals surface area contributed by atoms with E-state index in [-0.39, 0.29) is 10.3 Å². The van der Waals surface area contributed by atoms with Crippen LogP contribution in [0.15, 0.2) is 40.9 Å². The molecule has 2 rings (SSSR count). The zero-order valence-corrected chi connectivity index (χ0v) is 12.6. The van der Waals surface area contributed by atoms with E-state index in [1.165, 1.54) is 5.56 Å². The van der Waals surface area contributed by atoms with Crippen LogP contribution in [0.2, 0.25) is 0 Å². The van der Waals surface area contributed by atoms with Crippen molar-refractivity contribution in [1.29, 1.82) is 0 Å². The second-order valence-electron chi connectivity index (χ2n) is 4.99. The Labute approximate surface area is 117 Å². The molecule has 0 N–H and O–H groups in total. The molecule has 2 atom stereocenters. The zero-order chi connectivity index (χ0) is 12.5. The highest BCUT2D eigenvalue weighted by molar-refractivity contribution is 9.10. The lowest BCUT2D eigenvalue weighted by atomic mass is 9.70. The van der Waals surface area contributed by atoms with Crippen molar-refractivity contribution in [3.05, 3.63) is 52.9 Å². The average Bonchev–Trinajstić information content (AvgIpc) is 2.29. The minimum Gasteiger partial charge on any atom is -0.119 e. The zero-order valence-electron chi connectivity index (χ0n) is 10.2. The predicted octanol–water partition coefficient (Wildman–Crippen LogP) is 5.26. The molecule has 1 aromatic carbocycles. The maximum atomic E-state index is 6.62. The Bertz CT molecular complexity index is 440. The highest BCUT2D eigenvalue weighted by Crippen LogP contribution is 2.45. The molecule has 2 heteroatoms. The van der Waals surface area contributed by atoms with Crippen LogP contribution >= 0.6 is 27.5 Å². The standard InChI is InChI=1S/C15H17BrCl/c1-3-15(17)10-6-9-14(2,11-15)12-7-4-5-8-13(12)16/h4-10H,3,11H2,1-2H3. The summed E-state index contributed by atoms with van der Waals surface area (Å²) in [7, 11) is 0. The first-order valence-electron chi connectivity index (χ1n) is 5.97. The minimum absolute atomic E-state index is 0.00655. The lowest BCUT2D eigenvalue weighted by molar-refractivity contribution is 0.432. The van der Waals surface area contributed by atoms with Gasteiger partial charge in [0.05, 0.1) is 4.87 Å². The van der Waals surface area contributed by atoms with Gasteiger partial charge in [-0.25, -0.2) is 0 Å². The van der Waals surface area contributed by atoms with Crippen LogP contribution < -0.4 is 0 Å². The van der Waals surface area contributed by atoms with Crippen molar-refractivity contribution < 1.29 is 0 Å². The number of allylic oxidation sites excluding steroid dienone is 2. The molecule has 91 valence electrons. The molecule has 0 aliphatic heterocycles. The smallest absolute Gasteiger partial charge is 0.0524 e. The van der Waals surface area contributed by atoms with Gasteiger partial charge in [-0.1, -0.05) is 60.1 Å². The Balaban J connectivity index is 2.41. The molecular weight excluding hydrogens is 296 g/mol. The summed E-state index contributed by atoms with van der Waals surface area (Å²) in [6.45, 7) is 4.40. The molecule has 0 spiro atoms. The molecule has 0 bridgehead atoms. The third kappa shape index (κ3) is 2.61.